The Bertz CT molecular complexity index is 2320. The Morgan fingerprint density at radius 2 is 0.740 bits per heavy atom. The highest BCUT2D eigenvalue weighted by molar-refractivity contribution is 5.88. The molecule has 50 heavy (non-hydrogen) atoms. The zero-order valence-corrected chi connectivity index (χ0v) is 29.3. The Hall–Kier alpha value is -5.41. The van der Waals surface area contributed by atoms with Gasteiger partial charge in [0.25, 0.3) is 0 Å². The van der Waals surface area contributed by atoms with Crippen molar-refractivity contribution in [2.45, 2.75) is 64.2 Å². The molecule has 1 aromatic heterocycles. The van der Waals surface area contributed by atoms with Gasteiger partial charge in [0, 0.05) is 27.5 Å². The van der Waals surface area contributed by atoms with Gasteiger partial charge in [-0.25, -0.2) is 15.0 Å². The van der Waals surface area contributed by atoms with E-state index in [-0.39, 0.29) is 10.8 Å². The maximum Gasteiger partial charge on any atom is 0.164 e. The summed E-state index contributed by atoms with van der Waals surface area (Å²) in [5, 5.41) is 2.37. The minimum Gasteiger partial charge on any atom is -0.208 e. The van der Waals surface area contributed by atoms with Crippen molar-refractivity contribution in [1.82, 2.24) is 15.0 Å². The molecule has 9 rings (SSSR count). The van der Waals surface area contributed by atoms with Crippen molar-refractivity contribution in [2.24, 2.45) is 0 Å². The predicted octanol–water partition coefficient (Wildman–Crippen LogP) is 12.2. The summed E-state index contributed by atoms with van der Waals surface area (Å²) in [5.41, 5.74) is 13.9. The summed E-state index contributed by atoms with van der Waals surface area (Å²) in [4.78, 5) is 15.7. The van der Waals surface area contributed by atoms with Crippen LogP contribution in [0.1, 0.15) is 75.6 Å². The van der Waals surface area contributed by atoms with E-state index in [0.29, 0.717) is 17.5 Å². The van der Waals surface area contributed by atoms with Gasteiger partial charge in [-0.1, -0.05) is 137 Å². The van der Waals surface area contributed by atoms with E-state index in [2.05, 4.69) is 155 Å². The molecule has 3 nitrogen and oxygen atoms in total. The van der Waals surface area contributed by atoms with Crippen LogP contribution in [0.2, 0.25) is 0 Å². The van der Waals surface area contributed by atoms with Crippen LogP contribution in [0.15, 0.2) is 127 Å². The molecule has 0 radical (unpaired) electrons. The maximum absolute atomic E-state index is 5.29. The van der Waals surface area contributed by atoms with E-state index in [0.717, 1.165) is 42.4 Å². The van der Waals surface area contributed by atoms with Crippen LogP contribution in [-0.4, -0.2) is 15.0 Å². The standard InChI is InChI=1S/C47H41N3/c1-5-46(6-2)39-19-13-11-17-35(39)37-25-23-33(28-41(37)46)44-48-43(32-22-21-30-15-9-10-16-31(30)27-32)49-45(50-44)34-24-26-38-36-18-12-14-20-40(36)47(7-3,8-4)42(38)29-34/h9-29H,5-8H2,1-4H3. The van der Waals surface area contributed by atoms with Gasteiger partial charge in [-0.15, -0.1) is 0 Å². The Morgan fingerprint density at radius 3 is 1.22 bits per heavy atom. The van der Waals surface area contributed by atoms with Gasteiger partial charge in [0.2, 0.25) is 0 Å². The average molecular weight is 648 g/mol. The normalized spacial score (nSPS) is 14.6. The number of nitrogens with zero attached hydrogens (tertiary/aromatic N) is 3. The second-order valence-electron chi connectivity index (χ2n) is 14.1. The first-order valence-corrected chi connectivity index (χ1v) is 18.3. The highest BCUT2D eigenvalue weighted by Gasteiger charge is 2.42. The SMILES string of the molecule is CCC1(CC)c2ccccc2-c2ccc(-c3nc(-c4ccc5c(c4)C(CC)(CC)c4ccccc4-5)nc(-c4ccc5ccccc5c4)n3)cc21. The van der Waals surface area contributed by atoms with E-state index in [1.54, 1.807) is 0 Å². The monoisotopic (exact) mass is 647 g/mol. The Kier molecular flexibility index (Phi) is 7.10. The van der Waals surface area contributed by atoms with Gasteiger partial charge in [-0.3, -0.25) is 0 Å². The van der Waals surface area contributed by atoms with Crippen molar-refractivity contribution in [3.63, 3.8) is 0 Å². The van der Waals surface area contributed by atoms with Crippen molar-refractivity contribution >= 4 is 10.8 Å². The average Bonchev–Trinajstić information content (AvgIpc) is 3.64. The van der Waals surface area contributed by atoms with E-state index in [9.17, 15) is 0 Å². The first-order chi connectivity index (χ1) is 24.5. The zero-order valence-electron chi connectivity index (χ0n) is 29.3. The highest BCUT2D eigenvalue weighted by atomic mass is 15.0. The molecule has 7 aromatic rings. The van der Waals surface area contributed by atoms with Gasteiger partial charge in [0.05, 0.1) is 0 Å². The largest absolute Gasteiger partial charge is 0.208 e. The Balaban J connectivity index is 1.25. The van der Waals surface area contributed by atoms with Crippen molar-refractivity contribution in [2.75, 3.05) is 0 Å². The van der Waals surface area contributed by atoms with Crippen LogP contribution in [0.5, 0.6) is 0 Å². The second kappa shape index (κ2) is 11.6. The van der Waals surface area contributed by atoms with Gasteiger partial charge in [0.1, 0.15) is 0 Å². The molecule has 0 amide bonds. The maximum atomic E-state index is 5.29. The van der Waals surface area contributed by atoms with Crippen molar-refractivity contribution in [1.29, 1.82) is 0 Å². The lowest BCUT2D eigenvalue weighted by molar-refractivity contribution is 0.490. The summed E-state index contributed by atoms with van der Waals surface area (Å²) < 4.78 is 0. The fourth-order valence-electron chi connectivity index (χ4n) is 9.30. The first-order valence-electron chi connectivity index (χ1n) is 18.3. The van der Waals surface area contributed by atoms with Crippen LogP contribution >= 0.6 is 0 Å². The minimum atomic E-state index is -0.0302. The lowest BCUT2D eigenvalue weighted by atomic mass is 9.73. The van der Waals surface area contributed by atoms with Gasteiger partial charge in [-0.2, -0.15) is 0 Å². The molecule has 0 saturated carbocycles. The molecule has 0 unspecified atom stereocenters. The van der Waals surface area contributed by atoms with E-state index >= 15 is 0 Å². The second-order valence-corrected chi connectivity index (χ2v) is 14.1. The number of hydrogen-bond donors (Lipinski definition) is 0. The van der Waals surface area contributed by atoms with Crippen LogP contribution in [-0.2, 0) is 10.8 Å². The highest BCUT2D eigenvalue weighted by Crippen LogP contribution is 2.54. The van der Waals surface area contributed by atoms with E-state index < -0.39 is 0 Å². The minimum absolute atomic E-state index is 0.0302. The number of rotatable bonds is 7. The first kappa shape index (κ1) is 30.6. The van der Waals surface area contributed by atoms with Crippen LogP contribution in [0.3, 0.4) is 0 Å². The van der Waals surface area contributed by atoms with E-state index in [1.807, 2.05) is 0 Å². The van der Waals surface area contributed by atoms with Crippen molar-refractivity contribution in [3.8, 4) is 56.4 Å². The molecule has 6 aromatic carbocycles. The van der Waals surface area contributed by atoms with Gasteiger partial charge in [0.15, 0.2) is 17.5 Å². The fraction of sp³-hybridized carbons (Fsp3) is 0.213. The fourth-order valence-corrected chi connectivity index (χ4v) is 9.30. The molecule has 0 atom stereocenters. The number of fused-ring (bicyclic) bond motifs is 7. The summed E-state index contributed by atoms with van der Waals surface area (Å²) >= 11 is 0. The number of aromatic nitrogens is 3. The molecule has 0 saturated heterocycles. The Morgan fingerprint density at radius 1 is 0.360 bits per heavy atom. The lowest BCUT2D eigenvalue weighted by Gasteiger charge is -2.30. The molecule has 2 aliphatic carbocycles. The molecule has 0 bridgehead atoms. The molecule has 0 N–H and O–H groups in total. The molecule has 244 valence electrons. The summed E-state index contributed by atoms with van der Waals surface area (Å²) in [6.45, 7) is 9.28. The third-order valence-electron chi connectivity index (χ3n) is 12.1. The van der Waals surface area contributed by atoms with Crippen molar-refractivity contribution < 1.29 is 0 Å². The molecule has 0 spiro atoms. The topological polar surface area (TPSA) is 38.7 Å². The molecular weight excluding hydrogens is 607 g/mol. The molecule has 0 fully saturated rings. The van der Waals surface area contributed by atoms with Gasteiger partial charge < -0.3 is 0 Å². The molecule has 1 heterocycles. The van der Waals surface area contributed by atoms with Crippen LogP contribution < -0.4 is 0 Å². The molecule has 3 heteroatoms. The zero-order chi connectivity index (χ0) is 34.0. The van der Waals surface area contributed by atoms with Crippen molar-refractivity contribution in [3.05, 3.63) is 150 Å². The third kappa shape index (κ3) is 4.32. The van der Waals surface area contributed by atoms with E-state index in [4.69, 9.17) is 15.0 Å². The third-order valence-corrected chi connectivity index (χ3v) is 12.1. The van der Waals surface area contributed by atoms with E-state index in [1.165, 1.54) is 55.3 Å². The van der Waals surface area contributed by atoms with Gasteiger partial charge >= 0.3 is 0 Å². The number of hydrogen-bond acceptors (Lipinski definition) is 3. The quantitative estimate of drug-likeness (QED) is 0.173. The van der Waals surface area contributed by atoms with Gasteiger partial charge in [-0.05, 0) is 99.2 Å². The summed E-state index contributed by atoms with van der Waals surface area (Å²) in [6.07, 6.45) is 4.15. The summed E-state index contributed by atoms with van der Waals surface area (Å²) in [6, 6.07) is 46.6. The summed E-state index contributed by atoms with van der Waals surface area (Å²) in [5.74, 6) is 2.11. The predicted molar refractivity (Wildman–Crippen MR) is 207 cm³/mol. The van der Waals surface area contributed by atoms with Crippen LogP contribution in [0, 0.1) is 0 Å². The van der Waals surface area contributed by atoms with Crippen LogP contribution in [0.25, 0.3) is 67.2 Å². The van der Waals surface area contributed by atoms with Crippen LogP contribution in [0.4, 0.5) is 0 Å². The smallest absolute Gasteiger partial charge is 0.164 e. The molecule has 0 aliphatic heterocycles. The Labute approximate surface area is 295 Å². The molecule has 2 aliphatic rings. The lowest BCUT2D eigenvalue weighted by Crippen LogP contribution is -2.23. The number of benzene rings is 6. The molecular formula is C47H41N3. The summed E-state index contributed by atoms with van der Waals surface area (Å²) in [7, 11) is 0.